The average Bonchev–Trinajstić information content (AvgIpc) is 3.18. The maximum Gasteiger partial charge on any atom is 0.329 e. The molecule has 3 heterocycles. The summed E-state index contributed by atoms with van der Waals surface area (Å²) in [5, 5.41) is 34.0. The third kappa shape index (κ3) is 10.6. The van der Waals surface area contributed by atoms with Gasteiger partial charge in [0, 0.05) is 51.7 Å². The van der Waals surface area contributed by atoms with E-state index in [2.05, 4.69) is 0 Å². The maximum atomic E-state index is 14.2. The Labute approximate surface area is 332 Å². The van der Waals surface area contributed by atoms with Crippen LogP contribution in [0.25, 0.3) is 0 Å². The fourth-order valence-electron chi connectivity index (χ4n) is 9.08. The quantitative estimate of drug-likeness (QED) is 0.194. The van der Waals surface area contributed by atoms with Crippen LogP contribution >= 0.6 is 0 Å². The van der Waals surface area contributed by atoms with E-state index in [1.54, 1.807) is 34.0 Å². The van der Waals surface area contributed by atoms with Gasteiger partial charge in [-0.2, -0.15) is 0 Å². The van der Waals surface area contributed by atoms with Crippen molar-refractivity contribution in [1.82, 2.24) is 4.90 Å². The normalized spacial score (nSPS) is 41.3. The highest BCUT2D eigenvalue weighted by Gasteiger charge is 2.56. The summed E-state index contributed by atoms with van der Waals surface area (Å²) in [6.07, 6.45) is 5.75. The Bertz CT molecular complexity index is 1480. The third-order valence-electron chi connectivity index (χ3n) is 12.6. The van der Waals surface area contributed by atoms with E-state index in [4.69, 9.17) is 23.7 Å². The second kappa shape index (κ2) is 20.3. The average molecular weight is 790 g/mol. The van der Waals surface area contributed by atoms with E-state index in [0.717, 1.165) is 10.5 Å². The van der Waals surface area contributed by atoms with Crippen molar-refractivity contribution in [3.63, 3.8) is 0 Å². The molecule has 2 fully saturated rings. The van der Waals surface area contributed by atoms with Gasteiger partial charge >= 0.3 is 11.9 Å². The highest BCUT2D eigenvalue weighted by molar-refractivity contribution is 6.39. The van der Waals surface area contributed by atoms with Crippen molar-refractivity contribution in [3.05, 3.63) is 35.6 Å². The second-order valence-electron chi connectivity index (χ2n) is 16.8. The minimum Gasteiger partial charge on any atom is -0.456 e. The molecule has 13 heteroatoms. The van der Waals surface area contributed by atoms with Crippen molar-refractivity contribution in [3.8, 4) is 0 Å². The Balaban J connectivity index is 1.77. The number of hydrogen-bond acceptors (Lipinski definition) is 12. The van der Waals surface area contributed by atoms with Crippen molar-refractivity contribution in [2.45, 2.75) is 160 Å². The lowest BCUT2D eigenvalue weighted by Crippen LogP contribution is -2.64. The van der Waals surface area contributed by atoms with E-state index in [1.165, 1.54) is 20.4 Å². The number of amides is 1. The van der Waals surface area contributed by atoms with Gasteiger partial charge in [0.15, 0.2) is 0 Å². The van der Waals surface area contributed by atoms with Crippen LogP contribution in [0, 0.1) is 29.6 Å². The molecule has 1 unspecified atom stereocenters. The highest BCUT2D eigenvalue weighted by atomic mass is 16.7. The minimum absolute atomic E-state index is 0.0103. The van der Waals surface area contributed by atoms with Crippen LogP contribution in [0.3, 0.4) is 0 Å². The zero-order valence-electron chi connectivity index (χ0n) is 34.8. The Morgan fingerprint density at radius 1 is 0.929 bits per heavy atom. The van der Waals surface area contributed by atoms with Crippen LogP contribution < -0.4 is 0 Å². The first-order chi connectivity index (χ1) is 26.5. The number of aliphatic hydroxyl groups excluding tert-OH is 2. The van der Waals surface area contributed by atoms with Crippen molar-refractivity contribution in [2.24, 2.45) is 29.6 Å². The molecule has 3 N–H and O–H groups in total. The number of aliphatic hydroxyl groups is 3. The van der Waals surface area contributed by atoms with Crippen molar-refractivity contribution >= 4 is 23.4 Å². The molecule has 56 heavy (non-hydrogen) atoms. The molecule has 0 spiro atoms. The summed E-state index contributed by atoms with van der Waals surface area (Å²) in [4.78, 5) is 57.3. The number of Topliss-reactive ketones (excluding diaryl/α,β-unsaturated/α-hetero) is 2. The lowest BCUT2D eigenvalue weighted by molar-refractivity contribution is -0.302. The molecule has 1 amide bonds. The van der Waals surface area contributed by atoms with Crippen LogP contribution in [0.2, 0.25) is 0 Å². The van der Waals surface area contributed by atoms with Gasteiger partial charge in [0.1, 0.15) is 24.0 Å². The predicted molar refractivity (Wildman–Crippen MR) is 208 cm³/mol. The summed E-state index contributed by atoms with van der Waals surface area (Å²) in [6.45, 7) is 11.1. The second-order valence-corrected chi connectivity index (χ2v) is 16.8. The number of ketones is 2. The van der Waals surface area contributed by atoms with Gasteiger partial charge in [0.2, 0.25) is 5.79 Å². The molecule has 0 aromatic carbocycles. The van der Waals surface area contributed by atoms with Gasteiger partial charge in [-0.15, -0.1) is 0 Å². The highest BCUT2D eigenvalue weighted by Crippen LogP contribution is 2.39. The van der Waals surface area contributed by atoms with Crippen LogP contribution in [-0.2, 0) is 42.9 Å². The number of fused-ring (bicyclic) bond motifs is 3. The Morgan fingerprint density at radius 3 is 2.23 bits per heavy atom. The molecule has 316 valence electrons. The van der Waals surface area contributed by atoms with Gasteiger partial charge in [-0.05, 0) is 89.0 Å². The minimum atomic E-state index is -2.53. The third-order valence-corrected chi connectivity index (χ3v) is 12.6. The number of carbonyl (C=O) groups excluding carboxylic acids is 4. The van der Waals surface area contributed by atoms with Crippen LogP contribution in [0.15, 0.2) is 35.6 Å². The summed E-state index contributed by atoms with van der Waals surface area (Å²) < 4.78 is 29.6. The lowest BCUT2D eigenvalue weighted by atomic mass is 9.81. The van der Waals surface area contributed by atoms with E-state index < -0.39 is 83.9 Å². The molecule has 2 bridgehead atoms. The number of esters is 1. The van der Waals surface area contributed by atoms with Gasteiger partial charge in [0.05, 0.1) is 30.5 Å². The fraction of sp³-hybridized carbons (Fsp3) is 0.767. The van der Waals surface area contributed by atoms with E-state index in [9.17, 15) is 34.5 Å². The topological polar surface area (TPSA) is 178 Å². The number of methoxy groups -OCH3 is 3. The molecule has 3 aliphatic heterocycles. The van der Waals surface area contributed by atoms with Crippen molar-refractivity contribution in [1.29, 1.82) is 0 Å². The number of hydrogen-bond donors (Lipinski definition) is 3. The smallest absolute Gasteiger partial charge is 0.329 e. The summed E-state index contributed by atoms with van der Waals surface area (Å²) in [7, 11) is 4.60. The first-order valence-corrected chi connectivity index (χ1v) is 20.5. The molecule has 0 radical (unpaired) electrons. The molecule has 1 saturated heterocycles. The van der Waals surface area contributed by atoms with Crippen LogP contribution in [0.4, 0.5) is 0 Å². The first kappa shape index (κ1) is 45.9. The number of carbonyl (C=O) groups is 4. The van der Waals surface area contributed by atoms with E-state index in [1.807, 2.05) is 32.9 Å². The standard InChI is InChI=1S/C43H67NO12/c1-10-30-18-24(2)17-25(3)19-36(53-8)39-37(54-9)21-27(5)43(51,56-39)40(48)41(49)44-16-12-11-13-31(44)42(50)55-38(28(6)33(46)23-34(30)47)26(4)20-29-14-15-32(45)35(22-29)52-7/h12,16,18,20,25,27-33,35-39,45-46,51H,10-11,13-15,17,19,21-23H2,1-9H3/b24-18+,26-20+/t25-,27+,28+,29-,30+,31-,32+,33-,35+,36?,37-,38+,39+,43+/m0/s1. The Kier molecular flexibility index (Phi) is 16.6. The molecule has 1 aliphatic carbocycles. The van der Waals surface area contributed by atoms with E-state index in [-0.39, 0.29) is 43.0 Å². The zero-order chi connectivity index (χ0) is 41.5. The van der Waals surface area contributed by atoms with Crippen molar-refractivity contribution < 1.29 is 58.2 Å². The van der Waals surface area contributed by atoms with Gasteiger partial charge in [0.25, 0.3) is 5.78 Å². The Morgan fingerprint density at radius 2 is 1.59 bits per heavy atom. The first-order valence-electron chi connectivity index (χ1n) is 20.5. The monoisotopic (exact) mass is 789 g/mol. The summed E-state index contributed by atoms with van der Waals surface area (Å²) >= 11 is 0. The Hall–Kier alpha value is -2.78. The molecule has 1 saturated carbocycles. The van der Waals surface area contributed by atoms with Gasteiger partial charge in [-0.1, -0.05) is 51.5 Å². The molecule has 13 nitrogen and oxygen atoms in total. The van der Waals surface area contributed by atoms with E-state index >= 15 is 0 Å². The summed E-state index contributed by atoms with van der Waals surface area (Å²) in [5.74, 6) is -7.80. The molecule has 4 aliphatic rings. The molecule has 4 rings (SSSR count). The predicted octanol–water partition coefficient (Wildman–Crippen LogP) is 4.60. The van der Waals surface area contributed by atoms with Crippen molar-refractivity contribution in [2.75, 3.05) is 21.3 Å². The lowest BCUT2D eigenvalue weighted by Gasteiger charge is -2.46. The number of ether oxygens (including phenoxy) is 5. The SMILES string of the molecule is CC[C@@H]1/C=C(\C)C[C@H](C)CC(OC)[C@H]2O[C@@](O)(C(=O)C(=O)N3C=CCC[C@H]3C(=O)O[C@H](/C(C)=C/[C@@H]3CC[C@@H](O)[C@H](OC)C3)[C@H](C)[C@@H](O)CC1=O)[C@H](C)C[C@@H]2OC. The fourth-order valence-corrected chi connectivity index (χ4v) is 9.08. The number of rotatable bonds is 6. The molecular formula is C43H67NO12. The number of cyclic esters (lactones) is 1. The number of allylic oxidation sites excluding steroid dienone is 4. The van der Waals surface area contributed by atoms with Gasteiger partial charge < -0.3 is 39.0 Å². The molecular weight excluding hydrogens is 722 g/mol. The summed E-state index contributed by atoms with van der Waals surface area (Å²) in [5.41, 5.74) is 1.64. The van der Waals surface area contributed by atoms with Crippen LogP contribution in [0.5, 0.6) is 0 Å². The largest absolute Gasteiger partial charge is 0.456 e. The number of nitrogens with zero attached hydrogens (tertiary/aromatic N) is 1. The van der Waals surface area contributed by atoms with E-state index in [0.29, 0.717) is 50.5 Å². The van der Waals surface area contributed by atoms with Gasteiger partial charge in [-0.25, -0.2) is 4.79 Å². The zero-order valence-corrected chi connectivity index (χ0v) is 34.8. The van der Waals surface area contributed by atoms with Gasteiger partial charge in [-0.3, -0.25) is 19.3 Å². The van der Waals surface area contributed by atoms with Crippen LogP contribution in [0.1, 0.15) is 106 Å². The maximum absolute atomic E-state index is 14.2. The molecule has 14 atom stereocenters. The molecule has 0 aromatic heterocycles. The summed E-state index contributed by atoms with van der Waals surface area (Å²) in [6, 6.07) is -1.22. The van der Waals surface area contributed by atoms with Crippen LogP contribution in [-0.4, -0.2) is 120 Å². The molecule has 0 aromatic rings.